The Labute approximate surface area is 91.5 Å². The second kappa shape index (κ2) is 6.35. The lowest BCUT2D eigenvalue weighted by molar-refractivity contribution is 0.704. The summed E-state index contributed by atoms with van der Waals surface area (Å²) in [6.45, 7) is 6.80. The Morgan fingerprint density at radius 1 is 1.27 bits per heavy atom. The molecule has 0 aliphatic rings. The first kappa shape index (κ1) is 11.9. The van der Waals surface area contributed by atoms with Crippen molar-refractivity contribution in [1.29, 1.82) is 0 Å². The number of nitrogens with zero attached hydrogens (tertiary/aromatic N) is 3. The van der Waals surface area contributed by atoms with Gasteiger partial charge in [0.15, 0.2) is 5.82 Å². The van der Waals surface area contributed by atoms with Crippen molar-refractivity contribution in [2.75, 3.05) is 24.5 Å². The van der Waals surface area contributed by atoms with Crippen LogP contribution in [0.3, 0.4) is 0 Å². The maximum Gasteiger partial charge on any atom is 0.151 e. The van der Waals surface area contributed by atoms with E-state index in [2.05, 4.69) is 22.0 Å². The van der Waals surface area contributed by atoms with Crippen molar-refractivity contribution in [1.82, 2.24) is 10.2 Å². The molecule has 0 aliphatic heterocycles. The van der Waals surface area contributed by atoms with Crippen molar-refractivity contribution in [2.24, 2.45) is 5.73 Å². The highest BCUT2D eigenvalue weighted by atomic mass is 15.3. The van der Waals surface area contributed by atoms with Crippen LogP contribution in [0.2, 0.25) is 0 Å². The highest BCUT2D eigenvalue weighted by Gasteiger charge is 2.06. The van der Waals surface area contributed by atoms with Gasteiger partial charge in [-0.15, -0.1) is 5.10 Å². The van der Waals surface area contributed by atoms with Crippen molar-refractivity contribution in [3.63, 3.8) is 0 Å². The fourth-order valence-corrected chi connectivity index (χ4v) is 1.45. The van der Waals surface area contributed by atoms with Crippen LogP contribution in [-0.2, 0) is 0 Å². The van der Waals surface area contributed by atoms with E-state index in [0.717, 1.165) is 44.0 Å². The van der Waals surface area contributed by atoms with Gasteiger partial charge in [0.2, 0.25) is 0 Å². The Morgan fingerprint density at radius 3 is 2.60 bits per heavy atom. The second-order valence-corrected chi connectivity index (χ2v) is 3.66. The molecule has 84 valence electrons. The van der Waals surface area contributed by atoms with Crippen molar-refractivity contribution in [3.8, 4) is 0 Å². The van der Waals surface area contributed by atoms with E-state index in [0.29, 0.717) is 0 Å². The summed E-state index contributed by atoms with van der Waals surface area (Å²) in [5.74, 6) is 0.955. The van der Waals surface area contributed by atoms with Crippen LogP contribution < -0.4 is 10.6 Å². The SMILES string of the molecule is CCCN(CCCN)c1ccc(C)nn1. The monoisotopic (exact) mass is 208 g/mol. The molecular weight excluding hydrogens is 188 g/mol. The summed E-state index contributed by atoms with van der Waals surface area (Å²) in [5, 5.41) is 8.25. The normalized spacial score (nSPS) is 10.3. The van der Waals surface area contributed by atoms with Gasteiger partial charge in [0.1, 0.15) is 0 Å². The van der Waals surface area contributed by atoms with Gasteiger partial charge in [-0.1, -0.05) is 6.92 Å². The Bertz CT molecular complexity index is 270. The van der Waals surface area contributed by atoms with Crippen LogP contribution in [0.1, 0.15) is 25.5 Å². The summed E-state index contributed by atoms with van der Waals surface area (Å²) < 4.78 is 0. The zero-order chi connectivity index (χ0) is 11.1. The van der Waals surface area contributed by atoms with E-state index in [1.54, 1.807) is 0 Å². The van der Waals surface area contributed by atoms with Gasteiger partial charge in [0.05, 0.1) is 5.69 Å². The summed E-state index contributed by atoms with van der Waals surface area (Å²) in [4.78, 5) is 2.24. The van der Waals surface area contributed by atoms with Crippen molar-refractivity contribution < 1.29 is 0 Å². The minimum atomic E-state index is 0.722. The molecule has 15 heavy (non-hydrogen) atoms. The number of aromatic nitrogens is 2. The molecule has 4 nitrogen and oxygen atoms in total. The fraction of sp³-hybridized carbons (Fsp3) is 0.636. The van der Waals surface area contributed by atoms with E-state index in [1.807, 2.05) is 19.1 Å². The number of nitrogens with two attached hydrogens (primary N) is 1. The summed E-state index contributed by atoms with van der Waals surface area (Å²) in [5.41, 5.74) is 6.47. The van der Waals surface area contributed by atoms with Crippen molar-refractivity contribution in [2.45, 2.75) is 26.7 Å². The molecule has 1 rings (SSSR count). The standard InChI is InChI=1S/C11H20N4/c1-3-8-15(9-4-7-12)11-6-5-10(2)13-14-11/h5-6H,3-4,7-9,12H2,1-2H3. The van der Waals surface area contributed by atoms with Crippen LogP contribution in [0.4, 0.5) is 5.82 Å². The van der Waals surface area contributed by atoms with E-state index in [4.69, 9.17) is 5.73 Å². The van der Waals surface area contributed by atoms with Crippen molar-refractivity contribution in [3.05, 3.63) is 17.8 Å². The van der Waals surface area contributed by atoms with Crippen molar-refractivity contribution >= 4 is 5.82 Å². The quantitative estimate of drug-likeness (QED) is 0.766. The molecule has 0 unspecified atom stereocenters. The zero-order valence-electron chi connectivity index (χ0n) is 9.61. The summed E-state index contributed by atoms with van der Waals surface area (Å²) >= 11 is 0. The first-order chi connectivity index (χ1) is 7.27. The third-order valence-corrected chi connectivity index (χ3v) is 2.23. The smallest absolute Gasteiger partial charge is 0.151 e. The molecule has 0 saturated carbocycles. The first-order valence-corrected chi connectivity index (χ1v) is 5.53. The maximum atomic E-state index is 5.51. The van der Waals surface area contributed by atoms with Gasteiger partial charge in [-0.25, -0.2) is 0 Å². The van der Waals surface area contributed by atoms with Crippen LogP contribution in [0.15, 0.2) is 12.1 Å². The van der Waals surface area contributed by atoms with Gasteiger partial charge >= 0.3 is 0 Å². The molecule has 0 bridgehead atoms. The lowest BCUT2D eigenvalue weighted by Crippen LogP contribution is -2.28. The molecule has 0 radical (unpaired) electrons. The average molecular weight is 208 g/mol. The van der Waals surface area contributed by atoms with E-state index in [1.165, 1.54) is 0 Å². The Kier molecular flexibility index (Phi) is 5.04. The summed E-state index contributed by atoms with van der Waals surface area (Å²) in [6.07, 6.45) is 2.11. The third-order valence-electron chi connectivity index (χ3n) is 2.23. The lowest BCUT2D eigenvalue weighted by Gasteiger charge is -2.22. The lowest BCUT2D eigenvalue weighted by atomic mass is 10.3. The minimum Gasteiger partial charge on any atom is -0.355 e. The maximum absolute atomic E-state index is 5.51. The average Bonchev–Trinajstić information content (AvgIpc) is 2.25. The molecule has 2 N–H and O–H groups in total. The number of aryl methyl sites for hydroxylation is 1. The summed E-state index contributed by atoms with van der Waals surface area (Å²) in [7, 11) is 0. The van der Waals surface area contributed by atoms with E-state index in [-0.39, 0.29) is 0 Å². The van der Waals surface area contributed by atoms with Crippen LogP contribution in [0, 0.1) is 6.92 Å². The third kappa shape index (κ3) is 3.83. The molecule has 4 heteroatoms. The zero-order valence-corrected chi connectivity index (χ0v) is 9.61. The largest absolute Gasteiger partial charge is 0.355 e. The number of hydrogen-bond acceptors (Lipinski definition) is 4. The Morgan fingerprint density at radius 2 is 2.07 bits per heavy atom. The number of rotatable bonds is 6. The highest BCUT2D eigenvalue weighted by molar-refractivity contribution is 5.36. The van der Waals surface area contributed by atoms with Crippen LogP contribution >= 0.6 is 0 Å². The van der Waals surface area contributed by atoms with Gasteiger partial charge in [0.25, 0.3) is 0 Å². The topological polar surface area (TPSA) is 55.0 Å². The fourth-order valence-electron chi connectivity index (χ4n) is 1.45. The molecule has 0 aromatic carbocycles. The van der Waals surface area contributed by atoms with E-state index in [9.17, 15) is 0 Å². The molecule has 0 amide bonds. The highest BCUT2D eigenvalue weighted by Crippen LogP contribution is 2.10. The minimum absolute atomic E-state index is 0.722. The first-order valence-electron chi connectivity index (χ1n) is 5.53. The second-order valence-electron chi connectivity index (χ2n) is 3.66. The van der Waals surface area contributed by atoms with E-state index < -0.39 is 0 Å². The predicted molar refractivity (Wildman–Crippen MR) is 62.9 cm³/mol. The summed E-state index contributed by atoms with van der Waals surface area (Å²) in [6, 6.07) is 4.02. The van der Waals surface area contributed by atoms with Gasteiger partial charge in [-0.3, -0.25) is 0 Å². The molecule has 0 atom stereocenters. The molecule has 1 heterocycles. The molecule has 1 aromatic rings. The van der Waals surface area contributed by atoms with Crippen LogP contribution in [-0.4, -0.2) is 29.8 Å². The predicted octanol–water partition coefficient (Wildman–Crippen LogP) is 1.35. The molecule has 0 aliphatic carbocycles. The Hall–Kier alpha value is -1.16. The molecule has 0 spiro atoms. The molecule has 0 saturated heterocycles. The van der Waals surface area contributed by atoms with Gasteiger partial charge in [-0.2, -0.15) is 5.10 Å². The van der Waals surface area contributed by atoms with E-state index >= 15 is 0 Å². The Balaban J connectivity index is 2.65. The number of hydrogen-bond donors (Lipinski definition) is 1. The van der Waals surface area contributed by atoms with Crippen LogP contribution in [0.5, 0.6) is 0 Å². The van der Waals surface area contributed by atoms with Gasteiger partial charge in [0, 0.05) is 13.1 Å². The van der Waals surface area contributed by atoms with Gasteiger partial charge in [-0.05, 0) is 38.4 Å². The molecule has 1 aromatic heterocycles. The molecular formula is C11H20N4. The molecule has 0 fully saturated rings. The number of anilines is 1. The van der Waals surface area contributed by atoms with Crippen LogP contribution in [0.25, 0.3) is 0 Å². The van der Waals surface area contributed by atoms with Gasteiger partial charge < -0.3 is 10.6 Å².